The van der Waals surface area contributed by atoms with Crippen molar-refractivity contribution in [3.05, 3.63) is 35.4 Å². The van der Waals surface area contributed by atoms with Crippen molar-refractivity contribution in [1.82, 2.24) is 4.90 Å². The van der Waals surface area contributed by atoms with Gasteiger partial charge in [0.1, 0.15) is 0 Å². The molecule has 0 aromatic heterocycles. The van der Waals surface area contributed by atoms with Crippen molar-refractivity contribution in [2.24, 2.45) is 0 Å². The van der Waals surface area contributed by atoms with Crippen molar-refractivity contribution in [3.8, 4) is 0 Å². The fourth-order valence-electron chi connectivity index (χ4n) is 3.07. The number of fused-ring (bicyclic) bond motifs is 1. The maximum atomic E-state index is 2.65. The van der Waals surface area contributed by atoms with Crippen molar-refractivity contribution in [3.63, 3.8) is 0 Å². The first kappa shape index (κ1) is 12.6. The molecule has 0 N–H and O–H groups in total. The Morgan fingerprint density at radius 3 is 2.53 bits per heavy atom. The number of nitrogens with zero attached hydrogens (tertiary/aromatic N) is 1. The molecule has 0 saturated carbocycles. The first-order valence-electron chi connectivity index (χ1n) is 7.15. The Morgan fingerprint density at radius 2 is 1.82 bits per heavy atom. The van der Waals surface area contributed by atoms with Gasteiger partial charge in [0.25, 0.3) is 0 Å². The summed E-state index contributed by atoms with van der Waals surface area (Å²) in [6.07, 6.45) is 5.18. The Morgan fingerprint density at radius 1 is 1.12 bits per heavy atom. The molecule has 1 aromatic carbocycles. The molecule has 1 aliphatic carbocycles. The fraction of sp³-hybridized carbons (Fsp3) is 0.625. The SMILES string of the molecule is CCCN(CCC)CC1CCc2ccccc21. The Kier molecular flexibility index (Phi) is 4.61. The van der Waals surface area contributed by atoms with Crippen LogP contribution >= 0.6 is 0 Å². The van der Waals surface area contributed by atoms with E-state index in [0.29, 0.717) is 0 Å². The van der Waals surface area contributed by atoms with Gasteiger partial charge in [-0.2, -0.15) is 0 Å². The largest absolute Gasteiger partial charge is 0.303 e. The monoisotopic (exact) mass is 231 g/mol. The summed E-state index contributed by atoms with van der Waals surface area (Å²) >= 11 is 0. The van der Waals surface area contributed by atoms with Gasteiger partial charge in [-0.15, -0.1) is 0 Å². The van der Waals surface area contributed by atoms with Crippen LogP contribution in [0.5, 0.6) is 0 Å². The van der Waals surface area contributed by atoms with Crippen molar-refractivity contribution in [2.75, 3.05) is 19.6 Å². The van der Waals surface area contributed by atoms with Crippen LogP contribution in [-0.4, -0.2) is 24.5 Å². The van der Waals surface area contributed by atoms with Crippen LogP contribution in [-0.2, 0) is 6.42 Å². The maximum absolute atomic E-state index is 2.65. The molecule has 0 aliphatic heterocycles. The van der Waals surface area contributed by atoms with Crippen molar-refractivity contribution in [2.45, 2.75) is 45.4 Å². The summed E-state index contributed by atoms with van der Waals surface area (Å²) < 4.78 is 0. The first-order chi connectivity index (χ1) is 8.35. The van der Waals surface area contributed by atoms with E-state index in [1.54, 1.807) is 11.1 Å². The molecule has 0 radical (unpaired) electrons. The van der Waals surface area contributed by atoms with E-state index < -0.39 is 0 Å². The van der Waals surface area contributed by atoms with E-state index in [2.05, 4.69) is 43.0 Å². The molecule has 0 saturated heterocycles. The number of benzene rings is 1. The summed E-state index contributed by atoms with van der Waals surface area (Å²) in [6.45, 7) is 8.34. The van der Waals surface area contributed by atoms with Gasteiger partial charge in [0, 0.05) is 6.54 Å². The summed E-state index contributed by atoms with van der Waals surface area (Å²) in [7, 11) is 0. The van der Waals surface area contributed by atoms with Crippen LogP contribution in [0.4, 0.5) is 0 Å². The zero-order chi connectivity index (χ0) is 12.1. The molecule has 1 heteroatoms. The van der Waals surface area contributed by atoms with E-state index in [4.69, 9.17) is 0 Å². The number of hydrogen-bond donors (Lipinski definition) is 0. The highest BCUT2D eigenvalue weighted by molar-refractivity contribution is 5.35. The molecule has 1 atom stereocenters. The van der Waals surface area contributed by atoms with Crippen LogP contribution in [0.3, 0.4) is 0 Å². The molecular weight excluding hydrogens is 206 g/mol. The zero-order valence-corrected chi connectivity index (χ0v) is 11.3. The third kappa shape index (κ3) is 3.10. The molecule has 1 aliphatic rings. The van der Waals surface area contributed by atoms with E-state index in [0.717, 1.165) is 5.92 Å². The van der Waals surface area contributed by atoms with Crippen molar-refractivity contribution < 1.29 is 0 Å². The van der Waals surface area contributed by atoms with Crippen LogP contribution in [0.15, 0.2) is 24.3 Å². The van der Waals surface area contributed by atoms with Crippen molar-refractivity contribution in [1.29, 1.82) is 0 Å². The second kappa shape index (κ2) is 6.20. The predicted molar refractivity (Wildman–Crippen MR) is 74.5 cm³/mol. The smallest absolute Gasteiger partial charge is 0.00505 e. The minimum absolute atomic E-state index is 0.782. The normalized spacial score (nSPS) is 18.6. The van der Waals surface area contributed by atoms with E-state index in [1.807, 2.05) is 0 Å². The lowest BCUT2D eigenvalue weighted by molar-refractivity contribution is 0.256. The molecular formula is C16H25N. The number of rotatable bonds is 6. The summed E-state index contributed by atoms with van der Waals surface area (Å²) in [4.78, 5) is 2.65. The summed E-state index contributed by atoms with van der Waals surface area (Å²) in [5.74, 6) is 0.782. The first-order valence-corrected chi connectivity index (χ1v) is 7.15. The number of aryl methyl sites for hydroxylation is 1. The van der Waals surface area contributed by atoms with Crippen LogP contribution in [0.25, 0.3) is 0 Å². The van der Waals surface area contributed by atoms with Gasteiger partial charge in [-0.1, -0.05) is 38.1 Å². The molecule has 0 amide bonds. The van der Waals surface area contributed by atoms with Crippen LogP contribution in [0, 0.1) is 0 Å². The third-order valence-electron chi connectivity index (χ3n) is 3.82. The van der Waals surface area contributed by atoms with E-state index in [-0.39, 0.29) is 0 Å². The molecule has 0 bridgehead atoms. The quantitative estimate of drug-likeness (QED) is 0.719. The predicted octanol–water partition coefficient (Wildman–Crippen LogP) is 3.84. The maximum Gasteiger partial charge on any atom is 0.00505 e. The second-order valence-corrected chi connectivity index (χ2v) is 5.24. The minimum Gasteiger partial charge on any atom is -0.303 e. The molecule has 94 valence electrons. The van der Waals surface area contributed by atoms with Gasteiger partial charge < -0.3 is 4.90 Å². The fourth-order valence-corrected chi connectivity index (χ4v) is 3.07. The number of hydrogen-bond acceptors (Lipinski definition) is 1. The minimum atomic E-state index is 0.782. The van der Waals surface area contributed by atoms with Gasteiger partial charge in [0.05, 0.1) is 0 Å². The molecule has 0 heterocycles. The van der Waals surface area contributed by atoms with Gasteiger partial charge in [0.15, 0.2) is 0 Å². The average Bonchev–Trinajstić information content (AvgIpc) is 2.74. The lowest BCUT2D eigenvalue weighted by atomic mass is 10.0. The second-order valence-electron chi connectivity index (χ2n) is 5.24. The molecule has 1 unspecified atom stereocenters. The van der Waals surface area contributed by atoms with Crippen LogP contribution in [0.2, 0.25) is 0 Å². The molecule has 1 nitrogen and oxygen atoms in total. The summed E-state index contributed by atoms with van der Waals surface area (Å²) in [5, 5.41) is 0. The van der Waals surface area contributed by atoms with Gasteiger partial charge in [-0.25, -0.2) is 0 Å². The van der Waals surface area contributed by atoms with E-state index in [9.17, 15) is 0 Å². The Hall–Kier alpha value is -0.820. The molecule has 2 rings (SSSR count). The highest BCUT2D eigenvalue weighted by atomic mass is 15.1. The average molecular weight is 231 g/mol. The molecule has 1 aromatic rings. The molecule has 0 fully saturated rings. The standard InChI is InChI=1S/C16H25N/c1-3-11-17(12-4-2)13-15-10-9-14-7-5-6-8-16(14)15/h5-8,15H,3-4,9-13H2,1-2H3. The van der Waals surface area contributed by atoms with Gasteiger partial charge >= 0.3 is 0 Å². The van der Waals surface area contributed by atoms with Gasteiger partial charge in [-0.05, 0) is 55.8 Å². The lowest BCUT2D eigenvalue weighted by Gasteiger charge is -2.25. The van der Waals surface area contributed by atoms with Crippen molar-refractivity contribution >= 4 is 0 Å². The van der Waals surface area contributed by atoms with E-state index in [1.165, 1.54) is 45.3 Å². The third-order valence-corrected chi connectivity index (χ3v) is 3.82. The molecule has 17 heavy (non-hydrogen) atoms. The Balaban J connectivity index is 1.99. The zero-order valence-electron chi connectivity index (χ0n) is 11.3. The van der Waals surface area contributed by atoms with Gasteiger partial charge in [-0.3, -0.25) is 0 Å². The summed E-state index contributed by atoms with van der Waals surface area (Å²) in [5.41, 5.74) is 3.20. The molecule has 0 spiro atoms. The van der Waals surface area contributed by atoms with Gasteiger partial charge in [0.2, 0.25) is 0 Å². The Labute approximate surface area is 106 Å². The lowest BCUT2D eigenvalue weighted by Crippen LogP contribution is -2.29. The van der Waals surface area contributed by atoms with E-state index >= 15 is 0 Å². The van der Waals surface area contributed by atoms with Crippen LogP contribution in [0.1, 0.15) is 50.2 Å². The summed E-state index contributed by atoms with van der Waals surface area (Å²) in [6, 6.07) is 9.01. The van der Waals surface area contributed by atoms with Crippen LogP contribution < -0.4 is 0 Å². The highest BCUT2D eigenvalue weighted by Crippen LogP contribution is 2.33. The highest BCUT2D eigenvalue weighted by Gasteiger charge is 2.23. The topological polar surface area (TPSA) is 3.24 Å². The Bertz CT molecular complexity index is 339.